The molecule has 0 saturated carbocycles. The first-order chi connectivity index (χ1) is 12.9. The molecular weight excluding hydrogens is 369 g/mol. The summed E-state index contributed by atoms with van der Waals surface area (Å²) in [6, 6.07) is 11.3. The molecule has 0 unspecified atom stereocenters. The molecule has 1 fully saturated rings. The van der Waals surface area contributed by atoms with Gasteiger partial charge in [-0.1, -0.05) is 23.7 Å². The number of aliphatic hydroxyl groups excluding tert-OH is 2. The van der Waals surface area contributed by atoms with Crippen molar-refractivity contribution in [1.29, 1.82) is 0 Å². The largest absolute Gasteiger partial charge is 0.487 e. The fourth-order valence-electron chi connectivity index (χ4n) is 4.09. The second kappa shape index (κ2) is 7.40. The lowest BCUT2D eigenvalue weighted by molar-refractivity contribution is -0.0587. The molecule has 1 spiro atoms. The van der Waals surface area contributed by atoms with Crippen LogP contribution in [0.4, 0.5) is 4.39 Å². The lowest BCUT2D eigenvalue weighted by Crippen LogP contribution is -2.51. The highest BCUT2D eigenvalue weighted by atomic mass is 35.5. The van der Waals surface area contributed by atoms with E-state index in [1.54, 1.807) is 24.3 Å². The molecule has 2 heterocycles. The zero-order chi connectivity index (χ0) is 19.0. The van der Waals surface area contributed by atoms with E-state index in [2.05, 4.69) is 4.90 Å². The minimum Gasteiger partial charge on any atom is -0.487 e. The van der Waals surface area contributed by atoms with Gasteiger partial charge in [-0.15, -0.1) is 0 Å². The van der Waals surface area contributed by atoms with E-state index >= 15 is 0 Å². The highest BCUT2D eigenvalue weighted by molar-refractivity contribution is 6.30. The number of halogens is 2. The Morgan fingerprint density at radius 2 is 1.89 bits per heavy atom. The average molecular weight is 392 g/mol. The Labute approximate surface area is 163 Å². The molecule has 1 saturated heterocycles. The van der Waals surface area contributed by atoms with Gasteiger partial charge in [-0.25, -0.2) is 4.39 Å². The van der Waals surface area contributed by atoms with E-state index in [1.165, 1.54) is 12.1 Å². The Hall–Kier alpha value is -1.66. The Morgan fingerprint density at radius 1 is 1.19 bits per heavy atom. The minimum atomic E-state index is -0.652. The molecule has 2 aromatic rings. The quantitative estimate of drug-likeness (QED) is 0.834. The Kier molecular flexibility index (Phi) is 5.12. The van der Waals surface area contributed by atoms with E-state index in [0.717, 1.165) is 31.5 Å². The molecule has 144 valence electrons. The van der Waals surface area contributed by atoms with Gasteiger partial charge >= 0.3 is 0 Å². The van der Waals surface area contributed by atoms with Crippen molar-refractivity contribution in [1.82, 2.24) is 4.90 Å². The van der Waals surface area contributed by atoms with Crippen molar-refractivity contribution >= 4 is 11.6 Å². The predicted molar refractivity (Wildman–Crippen MR) is 101 cm³/mol. The van der Waals surface area contributed by atoms with Crippen molar-refractivity contribution in [3.05, 3.63) is 64.4 Å². The van der Waals surface area contributed by atoms with Crippen LogP contribution in [-0.2, 0) is 0 Å². The van der Waals surface area contributed by atoms with Crippen molar-refractivity contribution < 1.29 is 19.3 Å². The van der Waals surface area contributed by atoms with Gasteiger partial charge in [-0.3, -0.25) is 0 Å². The number of aliphatic hydroxyl groups is 2. The van der Waals surface area contributed by atoms with Crippen molar-refractivity contribution in [3.8, 4) is 5.75 Å². The van der Waals surface area contributed by atoms with Crippen LogP contribution in [0.5, 0.6) is 5.75 Å². The number of fused-ring (bicyclic) bond motifs is 1. The van der Waals surface area contributed by atoms with Gasteiger partial charge in [0, 0.05) is 36.6 Å². The number of nitrogens with zero attached hydrogens (tertiary/aromatic N) is 1. The number of likely N-dealkylation sites (tertiary alicyclic amines) is 1. The first-order valence-electron chi connectivity index (χ1n) is 9.27. The predicted octanol–water partition coefficient (Wildman–Crippen LogP) is 3.86. The zero-order valence-electron chi connectivity index (χ0n) is 14.9. The number of hydrogen-bond acceptors (Lipinski definition) is 4. The molecule has 0 radical (unpaired) electrons. The molecule has 4 nitrogen and oxygen atoms in total. The number of benzene rings is 2. The molecule has 2 atom stereocenters. The minimum absolute atomic E-state index is 0.305. The highest BCUT2D eigenvalue weighted by Gasteiger charge is 2.43. The molecule has 4 rings (SSSR count). The van der Waals surface area contributed by atoms with Crippen LogP contribution >= 0.6 is 11.6 Å². The van der Waals surface area contributed by atoms with Gasteiger partial charge in [0.25, 0.3) is 0 Å². The maximum absolute atomic E-state index is 13.0. The topological polar surface area (TPSA) is 52.9 Å². The Balaban J connectivity index is 1.39. The van der Waals surface area contributed by atoms with E-state index in [1.807, 2.05) is 6.07 Å². The van der Waals surface area contributed by atoms with Gasteiger partial charge in [-0.2, -0.15) is 0 Å². The Morgan fingerprint density at radius 3 is 2.59 bits per heavy atom. The molecule has 27 heavy (non-hydrogen) atoms. The van der Waals surface area contributed by atoms with Crippen LogP contribution in [-0.4, -0.2) is 40.3 Å². The van der Waals surface area contributed by atoms with E-state index in [-0.39, 0.29) is 11.4 Å². The SMILES string of the molecule is O[C@H](CN1CCC2(CC1)C[C@@H](O)c1cc(Cl)ccc1O2)c1ccc(F)cc1. The summed E-state index contributed by atoms with van der Waals surface area (Å²) < 4.78 is 19.3. The van der Waals surface area contributed by atoms with Crippen LogP contribution in [0.2, 0.25) is 5.02 Å². The third-order valence-corrected chi connectivity index (χ3v) is 5.91. The molecule has 0 aliphatic carbocycles. The highest BCUT2D eigenvalue weighted by Crippen LogP contribution is 2.45. The smallest absolute Gasteiger partial charge is 0.126 e. The van der Waals surface area contributed by atoms with Crippen molar-refractivity contribution in [2.45, 2.75) is 37.1 Å². The molecule has 6 heteroatoms. The molecule has 0 aromatic heterocycles. The molecule has 0 amide bonds. The van der Waals surface area contributed by atoms with Gasteiger partial charge < -0.3 is 19.8 Å². The normalized spacial score (nSPS) is 22.9. The fourth-order valence-corrected chi connectivity index (χ4v) is 4.27. The van der Waals surface area contributed by atoms with Crippen LogP contribution in [0.15, 0.2) is 42.5 Å². The first kappa shape index (κ1) is 18.7. The summed E-state index contributed by atoms with van der Waals surface area (Å²) in [5, 5.41) is 21.6. The summed E-state index contributed by atoms with van der Waals surface area (Å²) in [5.74, 6) is 0.401. The second-order valence-electron chi connectivity index (χ2n) is 7.56. The van der Waals surface area contributed by atoms with Crippen LogP contribution < -0.4 is 4.74 Å². The summed E-state index contributed by atoms with van der Waals surface area (Å²) in [4.78, 5) is 2.19. The molecular formula is C21H23ClFNO3. The maximum atomic E-state index is 13.0. The van der Waals surface area contributed by atoms with E-state index in [0.29, 0.717) is 29.3 Å². The number of ether oxygens (including phenoxy) is 1. The van der Waals surface area contributed by atoms with Crippen LogP contribution in [0.1, 0.15) is 42.6 Å². The number of rotatable bonds is 3. The fraction of sp³-hybridized carbons (Fsp3) is 0.429. The van der Waals surface area contributed by atoms with Crippen LogP contribution in [0.3, 0.4) is 0 Å². The van der Waals surface area contributed by atoms with E-state index < -0.39 is 12.2 Å². The lowest BCUT2D eigenvalue weighted by Gasteiger charge is -2.46. The van der Waals surface area contributed by atoms with Crippen molar-refractivity contribution in [2.24, 2.45) is 0 Å². The van der Waals surface area contributed by atoms with Gasteiger partial charge in [0.1, 0.15) is 17.2 Å². The summed E-state index contributed by atoms with van der Waals surface area (Å²) in [7, 11) is 0. The number of β-amino-alcohol motifs (C(OH)–C–C–N with tert-alkyl or cyclic N) is 1. The van der Waals surface area contributed by atoms with Gasteiger partial charge in [0.05, 0.1) is 12.2 Å². The second-order valence-corrected chi connectivity index (χ2v) is 7.99. The summed E-state index contributed by atoms with van der Waals surface area (Å²) in [5.41, 5.74) is 1.09. The van der Waals surface area contributed by atoms with Gasteiger partial charge in [0.15, 0.2) is 0 Å². The molecule has 2 N–H and O–H groups in total. The zero-order valence-corrected chi connectivity index (χ0v) is 15.7. The van der Waals surface area contributed by atoms with Crippen LogP contribution in [0.25, 0.3) is 0 Å². The molecule has 0 bridgehead atoms. The average Bonchev–Trinajstić information content (AvgIpc) is 2.65. The summed E-state index contributed by atoms with van der Waals surface area (Å²) in [6.45, 7) is 2.04. The molecule has 2 aromatic carbocycles. The third-order valence-electron chi connectivity index (χ3n) is 5.68. The van der Waals surface area contributed by atoms with Crippen LogP contribution in [0, 0.1) is 5.82 Å². The third kappa shape index (κ3) is 3.97. The van der Waals surface area contributed by atoms with E-state index in [9.17, 15) is 14.6 Å². The first-order valence-corrected chi connectivity index (χ1v) is 9.64. The number of piperidine rings is 1. The summed E-state index contributed by atoms with van der Waals surface area (Å²) in [6.07, 6.45) is 0.878. The molecule has 2 aliphatic rings. The number of hydrogen-bond donors (Lipinski definition) is 2. The van der Waals surface area contributed by atoms with Crippen molar-refractivity contribution in [3.63, 3.8) is 0 Å². The summed E-state index contributed by atoms with van der Waals surface area (Å²) >= 11 is 6.03. The van der Waals surface area contributed by atoms with Gasteiger partial charge in [0.2, 0.25) is 0 Å². The van der Waals surface area contributed by atoms with Gasteiger partial charge in [-0.05, 0) is 48.7 Å². The lowest BCUT2D eigenvalue weighted by atomic mass is 9.81. The monoisotopic (exact) mass is 391 g/mol. The van der Waals surface area contributed by atoms with E-state index in [4.69, 9.17) is 16.3 Å². The molecule has 2 aliphatic heterocycles. The maximum Gasteiger partial charge on any atom is 0.126 e. The standard InChI is InChI=1S/C21H23ClFNO3/c22-15-3-6-20-17(11-15)18(25)12-21(27-20)7-9-24(10-8-21)13-19(26)14-1-4-16(23)5-2-14/h1-6,11,18-19,25-26H,7-10,12-13H2/t18-,19-/m1/s1. The van der Waals surface area contributed by atoms with Crippen molar-refractivity contribution in [2.75, 3.05) is 19.6 Å². The Bertz CT molecular complexity index is 806.